The van der Waals surface area contributed by atoms with Gasteiger partial charge in [-0.05, 0) is 30.7 Å². The molecule has 0 aliphatic rings. The number of hydrogen-bond donors (Lipinski definition) is 1. The fourth-order valence-corrected chi connectivity index (χ4v) is 1.71. The highest BCUT2D eigenvalue weighted by Crippen LogP contribution is 2.20. The van der Waals surface area contributed by atoms with Gasteiger partial charge in [-0.15, -0.1) is 0 Å². The van der Waals surface area contributed by atoms with Crippen molar-refractivity contribution in [2.75, 3.05) is 0 Å². The van der Waals surface area contributed by atoms with Gasteiger partial charge in [0.2, 0.25) is 0 Å². The van der Waals surface area contributed by atoms with Crippen LogP contribution in [0.1, 0.15) is 17.3 Å². The molecular formula is C13H11F3N2. The number of rotatable bonds is 3. The fourth-order valence-electron chi connectivity index (χ4n) is 1.71. The molecule has 18 heavy (non-hydrogen) atoms. The summed E-state index contributed by atoms with van der Waals surface area (Å²) in [6.07, 6.45) is 1.24. The summed E-state index contributed by atoms with van der Waals surface area (Å²) in [5.41, 5.74) is 5.57. The van der Waals surface area contributed by atoms with Crippen LogP contribution in [0.15, 0.2) is 36.5 Å². The summed E-state index contributed by atoms with van der Waals surface area (Å²) in [5, 5.41) is 0. The second kappa shape index (κ2) is 5.18. The Morgan fingerprint density at radius 1 is 1.00 bits per heavy atom. The summed E-state index contributed by atoms with van der Waals surface area (Å²) >= 11 is 0. The molecule has 0 saturated carbocycles. The molecule has 0 amide bonds. The third kappa shape index (κ3) is 2.51. The van der Waals surface area contributed by atoms with Crippen molar-refractivity contribution in [3.8, 4) is 0 Å². The third-order valence-electron chi connectivity index (χ3n) is 2.62. The molecule has 0 aliphatic carbocycles. The van der Waals surface area contributed by atoms with Crippen LogP contribution in [0, 0.1) is 17.5 Å². The highest BCUT2D eigenvalue weighted by atomic mass is 19.1. The van der Waals surface area contributed by atoms with E-state index in [9.17, 15) is 13.2 Å². The topological polar surface area (TPSA) is 38.9 Å². The van der Waals surface area contributed by atoms with Crippen LogP contribution >= 0.6 is 0 Å². The van der Waals surface area contributed by atoms with Crippen LogP contribution in [-0.2, 0) is 6.42 Å². The summed E-state index contributed by atoms with van der Waals surface area (Å²) < 4.78 is 40.2. The van der Waals surface area contributed by atoms with E-state index in [1.54, 1.807) is 0 Å². The van der Waals surface area contributed by atoms with Gasteiger partial charge in [-0.1, -0.05) is 6.07 Å². The first kappa shape index (κ1) is 12.6. The Bertz CT molecular complexity index is 537. The maximum absolute atomic E-state index is 13.4. The quantitative estimate of drug-likeness (QED) is 0.912. The number of nitrogens with zero attached hydrogens (tertiary/aromatic N) is 1. The number of aromatic nitrogens is 1. The van der Waals surface area contributed by atoms with E-state index in [1.165, 1.54) is 24.4 Å². The molecule has 2 nitrogen and oxygen atoms in total. The Morgan fingerprint density at radius 3 is 2.22 bits per heavy atom. The zero-order valence-electron chi connectivity index (χ0n) is 9.41. The van der Waals surface area contributed by atoms with Gasteiger partial charge in [0.25, 0.3) is 0 Å². The van der Waals surface area contributed by atoms with Crippen LogP contribution in [0.5, 0.6) is 0 Å². The van der Waals surface area contributed by atoms with Gasteiger partial charge < -0.3 is 5.73 Å². The Labute approximate surface area is 102 Å². The minimum absolute atomic E-state index is 0.000142. The second-order valence-electron chi connectivity index (χ2n) is 3.88. The van der Waals surface area contributed by atoms with Gasteiger partial charge in [-0.3, -0.25) is 4.98 Å². The summed E-state index contributed by atoms with van der Waals surface area (Å²) in [5.74, 6) is -1.97. The van der Waals surface area contributed by atoms with Crippen LogP contribution < -0.4 is 5.73 Å². The molecule has 2 rings (SSSR count). The molecule has 1 heterocycles. The summed E-state index contributed by atoms with van der Waals surface area (Å²) in [7, 11) is 0. The van der Waals surface area contributed by atoms with Crippen LogP contribution in [0.4, 0.5) is 13.2 Å². The minimum atomic E-state index is -0.891. The lowest BCUT2D eigenvalue weighted by atomic mass is 10.0. The first-order chi connectivity index (χ1) is 8.59. The normalized spacial score (nSPS) is 12.4. The second-order valence-corrected chi connectivity index (χ2v) is 3.88. The van der Waals surface area contributed by atoms with Gasteiger partial charge in [0.15, 0.2) is 0 Å². The van der Waals surface area contributed by atoms with Crippen molar-refractivity contribution in [2.45, 2.75) is 12.5 Å². The van der Waals surface area contributed by atoms with Gasteiger partial charge in [0.05, 0.1) is 11.7 Å². The Kier molecular flexibility index (Phi) is 3.62. The summed E-state index contributed by atoms with van der Waals surface area (Å²) in [4.78, 5) is 3.79. The molecule has 5 heteroatoms. The van der Waals surface area contributed by atoms with Gasteiger partial charge in [-0.25, -0.2) is 13.2 Å². The third-order valence-corrected chi connectivity index (χ3v) is 2.62. The zero-order chi connectivity index (χ0) is 13.1. The van der Waals surface area contributed by atoms with Crippen LogP contribution in [-0.4, -0.2) is 4.98 Å². The first-order valence-electron chi connectivity index (χ1n) is 5.38. The van der Waals surface area contributed by atoms with E-state index in [-0.39, 0.29) is 17.7 Å². The molecule has 1 aromatic carbocycles. The molecular weight excluding hydrogens is 241 g/mol. The summed E-state index contributed by atoms with van der Waals surface area (Å²) in [6, 6.07) is 5.29. The van der Waals surface area contributed by atoms with Gasteiger partial charge in [0, 0.05) is 11.8 Å². The molecule has 0 aliphatic heterocycles. The van der Waals surface area contributed by atoms with Crippen LogP contribution in [0.2, 0.25) is 0 Å². The Hall–Kier alpha value is -1.88. The average molecular weight is 252 g/mol. The standard InChI is InChI=1S/C13H11F3N2/c14-9-3-1-4-10(15)8(9)7-12(17)13-11(16)5-2-6-18-13/h1-6,12H,7,17H2. The molecule has 0 spiro atoms. The van der Waals surface area contributed by atoms with E-state index < -0.39 is 23.5 Å². The van der Waals surface area contributed by atoms with Crippen molar-refractivity contribution in [2.24, 2.45) is 5.73 Å². The number of pyridine rings is 1. The van der Waals surface area contributed by atoms with E-state index in [4.69, 9.17) is 5.73 Å². The van der Waals surface area contributed by atoms with Crippen molar-refractivity contribution < 1.29 is 13.2 Å². The minimum Gasteiger partial charge on any atom is -0.322 e. The molecule has 1 aromatic heterocycles. The number of benzene rings is 1. The molecule has 2 N–H and O–H groups in total. The predicted octanol–water partition coefficient (Wildman–Crippen LogP) is 2.74. The molecule has 0 fully saturated rings. The largest absolute Gasteiger partial charge is 0.322 e. The maximum Gasteiger partial charge on any atom is 0.146 e. The Morgan fingerprint density at radius 2 is 1.61 bits per heavy atom. The van der Waals surface area contributed by atoms with E-state index >= 15 is 0 Å². The lowest BCUT2D eigenvalue weighted by molar-refractivity contribution is 0.521. The SMILES string of the molecule is NC(Cc1c(F)cccc1F)c1ncccc1F. The van der Waals surface area contributed by atoms with E-state index in [0.29, 0.717) is 0 Å². The van der Waals surface area contributed by atoms with Crippen molar-refractivity contribution in [1.29, 1.82) is 0 Å². The average Bonchev–Trinajstić information content (AvgIpc) is 2.34. The van der Waals surface area contributed by atoms with Crippen molar-refractivity contribution in [3.63, 3.8) is 0 Å². The highest BCUT2D eigenvalue weighted by molar-refractivity contribution is 5.23. The van der Waals surface area contributed by atoms with Crippen LogP contribution in [0.3, 0.4) is 0 Å². The smallest absolute Gasteiger partial charge is 0.146 e. The van der Waals surface area contributed by atoms with Crippen molar-refractivity contribution >= 4 is 0 Å². The molecule has 0 radical (unpaired) electrons. The molecule has 94 valence electrons. The highest BCUT2D eigenvalue weighted by Gasteiger charge is 2.17. The molecule has 2 aromatic rings. The van der Waals surface area contributed by atoms with Crippen molar-refractivity contribution in [1.82, 2.24) is 4.98 Å². The predicted molar refractivity (Wildman–Crippen MR) is 61.2 cm³/mol. The fraction of sp³-hybridized carbons (Fsp3) is 0.154. The van der Waals surface area contributed by atoms with Gasteiger partial charge >= 0.3 is 0 Å². The molecule has 1 unspecified atom stereocenters. The van der Waals surface area contributed by atoms with Crippen LogP contribution in [0.25, 0.3) is 0 Å². The number of nitrogens with two attached hydrogens (primary N) is 1. The number of halogens is 3. The monoisotopic (exact) mass is 252 g/mol. The lowest BCUT2D eigenvalue weighted by Gasteiger charge is -2.12. The zero-order valence-corrected chi connectivity index (χ0v) is 9.41. The van der Waals surface area contributed by atoms with E-state index in [0.717, 1.165) is 12.1 Å². The Balaban J connectivity index is 2.27. The van der Waals surface area contributed by atoms with Gasteiger partial charge in [0.1, 0.15) is 17.5 Å². The maximum atomic E-state index is 13.4. The van der Waals surface area contributed by atoms with E-state index in [2.05, 4.69) is 4.98 Å². The molecule has 0 bridgehead atoms. The van der Waals surface area contributed by atoms with Gasteiger partial charge in [-0.2, -0.15) is 0 Å². The molecule has 1 atom stereocenters. The summed E-state index contributed by atoms with van der Waals surface area (Å²) in [6.45, 7) is 0. The number of hydrogen-bond acceptors (Lipinski definition) is 2. The lowest BCUT2D eigenvalue weighted by Crippen LogP contribution is -2.18. The molecule has 0 saturated heterocycles. The first-order valence-corrected chi connectivity index (χ1v) is 5.38. The van der Waals surface area contributed by atoms with E-state index in [1.807, 2.05) is 0 Å². The van der Waals surface area contributed by atoms with Crippen molar-refractivity contribution in [3.05, 3.63) is 65.2 Å².